The summed E-state index contributed by atoms with van der Waals surface area (Å²) in [6.45, 7) is 6.77. The molecule has 158 valence electrons. The number of pyridine rings is 1. The molecule has 8 heteroatoms. The minimum absolute atomic E-state index is 0. The fraction of sp³-hybridized carbons (Fsp3) is 0.429. The van der Waals surface area contributed by atoms with Crippen molar-refractivity contribution in [2.24, 2.45) is 4.99 Å². The van der Waals surface area contributed by atoms with E-state index in [9.17, 15) is 4.39 Å². The molecule has 6 nitrogen and oxygen atoms in total. The molecule has 1 fully saturated rings. The fourth-order valence-electron chi connectivity index (χ4n) is 3.03. The van der Waals surface area contributed by atoms with Crippen molar-refractivity contribution in [3.8, 4) is 11.6 Å². The van der Waals surface area contributed by atoms with Crippen LogP contribution in [0.25, 0.3) is 0 Å². The van der Waals surface area contributed by atoms with Crippen LogP contribution in [-0.2, 0) is 11.3 Å². The highest BCUT2D eigenvalue weighted by molar-refractivity contribution is 14.0. The highest BCUT2D eigenvalue weighted by atomic mass is 127. The lowest BCUT2D eigenvalue weighted by Crippen LogP contribution is -2.45. The van der Waals surface area contributed by atoms with Gasteiger partial charge < -0.3 is 20.1 Å². The zero-order valence-corrected chi connectivity index (χ0v) is 19.1. The van der Waals surface area contributed by atoms with Crippen molar-refractivity contribution in [3.05, 3.63) is 54.0 Å². The average Bonchev–Trinajstić information content (AvgIpc) is 3.12. The number of nitrogens with one attached hydrogen (secondary N) is 2. The number of nitrogens with zero attached hydrogens (tertiary/aromatic N) is 2. The van der Waals surface area contributed by atoms with Crippen molar-refractivity contribution in [2.45, 2.75) is 38.8 Å². The second-order valence-electron chi connectivity index (χ2n) is 6.98. The molecule has 0 saturated carbocycles. The fourth-order valence-corrected chi connectivity index (χ4v) is 3.03. The summed E-state index contributed by atoms with van der Waals surface area (Å²) in [6.07, 6.45) is 3.76. The van der Waals surface area contributed by atoms with Crippen LogP contribution >= 0.6 is 24.0 Å². The van der Waals surface area contributed by atoms with E-state index in [1.165, 1.54) is 12.1 Å². The third-order valence-corrected chi connectivity index (χ3v) is 4.54. The summed E-state index contributed by atoms with van der Waals surface area (Å²) in [6, 6.07) is 9.73. The van der Waals surface area contributed by atoms with Gasteiger partial charge in [0.2, 0.25) is 5.88 Å². The Kier molecular flexibility index (Phi) is 9.09. The van der Waals surface area contributed by atoms with Crippen LogP contribution in [0, 0.1) is 5.82 Å². The zero-order chi connectivity index (χ0) is 19.8. The minimum Gasteiger partial charge on any atom is -0.439 e. The molecule has 1 aliphatic rings. The van der Waals surface area contributed by atoms with E-state index in [0.29, 0.717) is 30.7 Å². The van der Waals surface area contributed by atoms with Crippen molar-refractivity contribution in [1.29, 1.82) is 0 Å². The number of aliphatic imine (C=N–C) groups is 1. The minimum atomic E-state index is -0.353. The zero-order valence-electron chi connectivity index (χ0n) is 16.8. The monoisotopic (exact) mass is 514 g/mol. The van der Waals surface area contributed by atoms with Gasteiger partial charge in [-0.25, -0.2) is 14.4 Å². The van der Waals surface area contributed by atoms with Crippen molar-refractivity contribution in [2.75, 3.05) is 19.7 Å². The van der Waals surface area contributed by atoms with E-state index in [1.54, 1.807) is 18.3 Å². The molecule has 0 spiro atoms. The van der Waals surface area contributed by atoms with Crippen LogP contribution < -0.4 is 15.4 Å². The molecule has 1 aliphatic heterocycles. The van der Waals surface area contributed by atoms with E-state index in [2.05, 4.69) is 27.5 Å². The number of hydrogen-bond acceptors (Lipinski definition) is 4. The number of guanidine groups is 1. The molecule has 0 amide bonds. The summed E-state index contributed by atoms with van der Waals surface area (Å²) in [5, 5.41) is 6.60. The van der Waals surface area contributed by atoms with Gasteiger partial charge in [-0.3, -0.25) is 0 Å². The Balaban J connectivity index is 0.00000300. The number of aromatic nitrogens is 1. The highest BCUT2D eigenvalue weighted by Gasteiger charge is 2.29. The smallest absolute Gasteiger partial charge is 0.224 e. The average molecular weight is 514 g/mol. The van der Waals surface area contributed by atoms with Gasteiger partial charge in [0.25, 0.3) is 0 Å². The van der Waals surface area contributed by atoms with Crippen molar-refractivity contribution in [3.63, 3.8) is 0 Å². The molecule has 0 aliphatic carbocycles. The van der Waals surface area contributed by atoms with Crippen LogP contribution in [0.1, 0.15) is 32.3 Å². The molecule has 1 aromatic carbocycles. The van der Waals surface area contributed by atoms with Gasteiger partial charge in [-0.15, -0.1) is 24.0 Å². The van der Waals surface area contributed by atoms with Crippen molar-refractivity contribution < 1.29 is 13.9 Å². The Labute approximate surface area is 188 Å². The molecule has 1 saturated heterocycles. The molecule has 2 aromatic rings. The van der Waals surface area contributed by atoms with Gasteiger partial charge in [-0.05, 0) is 44.9 Å². The quantitative estimate of drug-likeness (QED) is 0.329. The van der Waals surface area contributed by atoms with E-state index < -0.39 is 0 Å². The summed E-state index contributed by atoms with van der Waals surface area (Å²) >= 11 is 0. The summed E-state index contributed by atoms with van der Waals surface area (Å²) in [5.41, 5.74) is 0.656. The standard InChI is InChI=1S/C21H27FN4O2.HI/c1-3-23-20(26-15-21(2)10-6-12-27-21)25-14-16-7-5-11-24-19(16)28-18-9-4-8-17(22)13-18;/h4-5,7-9,11,13H,3,6,10,12,14-15H2,1-2H3,(H2,23,25,26);1H. The van der Waals surface area contributed by atoms with Gasteiger partial charge in [0.15, 0.2) is 5.96 Å². The number of rotatable bonds is 7. The van der Waals surface area contributed by atoms with Crippen LogP contribution in [0.4, 0.5) is 4.39 Å². The lowest BCUT2D eigenvalue weighted by atomic mass is 10.0. The van der Waals surface area contributed by atoms with Crippen LogP contribution in [0.3, 0.4) is 0 Å². The highest BCUT2D eigenvalue weighted by Crippen LogP contribution is 2.25. The summed E-state index contributed by atoms with van der Waals surface area (Å²) < 4.78 is 25.0. The SMILES string of the molecule is CCNC(=NCc1cccnc1Oc1cccc(F)c1)NCC1(C)CCCO1.I. The van der Waals surface area contributed by atoms with Crippen LogP contribution in [0.15, 0.2) is 47.6 Å². The molecule has 0 radical (unpaired) electrons. The third kappa shape index (κ3) is 7.11. The lowest BCUT2D eigenvalue weighted by Gasteiger charge is -2.24. The molecular weight excluding hydrogens is 486 g/mol. The number of ether oxygens (including phenoxy) is 2. The second-order valence-corrected chi connectivity index (χ2v) is 6.98. The van der Waals surface area contributed by atoms with Crippen LogP contribution in [-0.4, -0.2) is 36.2 Å². The van der Waals surface area contributed by atoms with Crippen molar-refractivity contribution >= 4 is 29.9 Å². The number of hydrogen-bond donors (Lipinski definition) is 2. The first-order valence-corrected chi connectivity index (χ1v) is 9.61. The van der Waals surface area contributed by atoms with Crippen LogP contribution in [0.2, 0.25) is 0 Å². The van der Waals surface area contributed by atoms with E-state index in [4.69, 9.17) is 9.47 Å². The lowest BCUT2D eigenvalue weighted by molar-refractivity contribution is 0.0243. The first-order chi connectivity index (χ1) is 13.6. The predicted octanol–water partition coefficient (Wildman–Crippen LogP) is 4.26. The summed E-state index contributed by atoms with van der Waals surface area (Å²) in [4.78, 5) is 8.91. The topological polar surface area (TPSA) is 67.8 Å². The van der Waals surface area contributed by atoms with Gasteiger partial charge in [-0.2, -0.15) is 0 Å². The molecule has 2 heterocycles. The Morgan fingerprint density at radius 1 is 1.31 bits per heavy atom. The van der Waals surface area contributed by atoms with E-state index in [-0.39, 0.29) is 35.4 Å². The predicted molar refractivity (Wildman–Crippen MR) is 123 cm³/mol. The Morgan fingerprint density at radius 3 is 2.90 bits per heavy atom. The summed E-state index contributed by atoms with van der Waals surface area (Å²) in [5.74, 6) is 1.17. The number of benzene rings is 1. The van der Waals surface area contributed by atoms with Gasteiger partial charge in [0.05, 0.1) is 12.1 Å². The van der Waals surface area contributed by atoms with E-state index in [0.717, 1.165) is 31.6 Å². The Hall–Kier alpha value is -1.94. The maximum atomic E-state index is 13.4. The van der Waals surface area contributed by atoms with Gasteiger partial charge >= 0.3 is 0 Å². The van der Waals surface area contributed by atoms with Gasteiger partial charge in [-0.1, -0.05) is 12.1 Å². The summed E-state index contributed by atoms with van der Waals surface area (Å²) in [7, 11) is 0. The largest absolute Gasteiger partial charge is 0.439 e. The Bertz CT molecular complexity index is 813. The van der Waals surface area contributed by atoms with Gasteiger partial charge in [0.1, 0.15) is 11.6 Å². The van der Waals surface area contributed by atoms with Crippen LogP contribution in [0.5, 0.6) is 11.6 Å². The molecule has 1 unspecified atom stereocenters. The molecule has 3 rings (SSSR count). The second kappa shape index (κ2) is 11.3. The maximum Gasteiger partial charge on any atom is 0.224 e. The molecule has 0 bridgehead atoms. The molecule has 1 aromatic heterocycles. The first-order valence-electron chi connectivity index (χ1n) is 9.61. The van der Waals surface area contributed by atoms with Gasteiger partial charge in [0, 0.05) is 37.5 Å². The molecule has 29 heavy (non-hydrogen) atoms. The normalized spacial score (nSPS) is 18.8. The molecule has 1 atom stereocenters. The molecule has 2 N–H and O–H groups in total. The maximum absolute atomic E-state index is 13.4. The third-order valence-electron chi connectivity index (χ3n) is 4.54. The molecular formula is C21H28FIN4O2. The Morgan fingerprint density at radius 2 is 2.17 bits per heavy atom. The number of halogens is 2. The van der Waals surface area contributed by atoms with Crippen molar-refractivity contribution in [1.82, 2.24) is 15.6 Å². The van der Waals surface area contributed by atoms with E-state index >= 15 is 0 Å². The first kappa shape index (κ1) is 23.3. The van der Waals surface area contributed by atoms with E-state index in [1.807, 2.05) is 19.1 Å².